The molecule has 2 N–H and O–H groups in total. The second-order valence-electron chi connectivity index (χ2n) is 4.42. The highest BCUT2D eigenvalue weighted by Gasteiger charge is 2.15. The van der Waals surface area contributed by atoms with Crippen LogP contribution in [-0.2, 0) is 0 Å². The molecule has 4 heteroatoms. The normalized spacial score (nSPS) is 16.5. The maximum atomic E-state index is 11.8. The Bertz CT molecular complexity index is 403. The van der Waals surface area contributed by atoms with Gasteiger partial charge in [0.15, 0.2) is 5.78 Å². The highest BCUT2D eigenvalue weighted by molar-refractivity contribution is 7.99. The first-order valence-corrected chi connectivity index (χ1v) is 7.53. The lowest BCUT2D eigenvalue weighted by molar-refractivity contribution is 0.0984. The summed E-state index contributed by atoms with van der Waals surface area (Å²) in [6.07, 6.45) is 2.87. The highest BCUT2D eigenvalue weighted by atomic mass is 32.2. The zero-order valence-electron chi connectivity index (χ0n) is 10.4. The summed E-state index contributed by atoms with van der Waals surface area (Å²) in [5.74, 6) is 3.21. The van der Waals surface area contributed by atoms with Crippen LogP contribution in [0, 0.1) is 0 Å². The molecule has 98 valence electrons. The van der Waals surface area contributed by atoms with Gasteiger partial charge in [-0.2, -0.15) is 11.8 Å². The van der Waals surface area contributed by atoms with E-state index < -0.39 is 0 Å². The molecule has 0 saturated carbocycles. The quantitative estimate of drug-likeness (QED) is 0.831. The van der Waals surface area contributed by atoms with Crippen molar-refractivity contribution in [2.75, 3.05) is 18.1 Å². The standard InChI is InChI=1S/C14H19NO2S/c15-7-4-14(16)11-2-1-3-13(10-11)17-12-5-8-18-9-6-12/h1-3,10,12H,4-9,15H2. The average molecular weight is 265 g/mol. The number of Topliss-reactive ketones (excluding diaryl/α,β-unsaturated/α-hetero) is 1. The number of benzene rings is 1. The van der Waals surface area contributed by atoms with Crippen molar-refractivity contribution in [2.45, 2.75) is 25.4 Å². The summed E-state index contributed by atoms with van der Waals surface area (Å²) < 4.78 is 5.93. The second-order valence-corrected chi connectivity index (χ2v) is 5.64. The SMILES string of the molecule is NCCC(=O)c1cccc(OC2CCSCC2)c1. The summed E-state index contributed by atoms with van der Waals surface area (Å²) in [5, 5.41) is 0. The lowest BCUT2D eigenvalue weighted by Crippen LogP contribution is -2.22. The van der Waals surface area contributed by atoms with E-state index in [1.54, 1.807) is 0 Å². The van der Waals surface area contributed by atoms with Gasteiger partial charge in [0.1, 0.15) is 11.9 Å². The van der Waals surface area contributed by atoms with Gasteiger partial charge in [0.25, 0.3) is 0 Å². The van der Waals surface area contributed by atoms with Crippen LogP contribution in [0.4, 0.5) is 0 Å². The fourth-order valence-electron chi connectivity index (χ4n) is 2.00. The fourth-order valence-corrected chi connectivity index (χ4v) is 3.07. The molecule has 0 atom stereocenters. The highest BCUT2D eigenvalue weighted by Crippen LogP contribution is 2.23. The van der Waals surface area contributed by atoms with Crippen molar-refractivity contribution in [1.29, 1.82) is 0 Å². The van der Waals surface area contributed by atoms with Gasteiger partial charge in [0, 0.05) is 12.0 Å². The van der Waals surface area contributed by atoms with Crippen LogP contribution < -0.4 is 10.5 Å². The summed E-state index contributed by atoms with van der Waals surface area (Å²) in [4.78, 5) is 11.8. The van der Waals surface area contributed by atoms with E-state index in [0.717, 1.165) is 30.1 Å². The van der Waals surface area contributed by atoms with Gasteiger partial charge in [-0.1, -0.05) is 12.1 Å². The van der Waals surface area contributed by atoms with Gasteiger partial charge in [-0.3, -0.25) is 4.79 Å². The molecule has 3 nitrogen and oxygen atoms in total. The number of hydrogen-bond acceptors (Lipinski definition) is 4. The predicted octanol–water partition coefficient (Wildman–Crippen LogP) is 2.49. The van der Waals surface area contributed by atoms with Crippen molar-refractivity contribution in [1.82, 2.24) is 0 Å². The minimum Gasteiger partial charge on any atom is -0.490 e. The molecular formula is C14H19NO2S. The molecule has 1 aromatic carbocycles. The molecule has 1 heterocycles. The summed E-state index contributed by atoms with van der Waals surface area (Å²) in [6.45, 7) is 0.393. The number of carbonyl (C=O) groups excluding carboxylic acids is 1. The molecule has 1 fully saturated rings. The van der Waals surface area contributed by atoms with Gasteiger partial charge >= 0.3 is 0 Å². The molecule has 1 aliphatic heterocycles. The van der Waals surface area contributed by atoms with Crippen molar-refractivity contribution < 1.29 is 9.53 Å². The Hall–Kier alpha value is -1.00. The van der Waals surface area contributed by atoms with E-state index in [2.05, 4.69) is 0 Å². The minimum atomic E-state index is 0.0853. The number of rotatable bonds is 5. The molecular weight excluding hydrogens is 246 g/mol. The van der Waals surface area contributed by atoms with Crippen LogP contribution in [0.3, 0.4) is 0 Å². The van der Waals surface area contributed by atoms with Gasteiger partial charge < -0.3 is 10.5 Å². The van der Waals surface area contributed by atoms with Crippen LogP contribution >= 0.6 is 11.8 Å². The molecule has 0 radical (unpaired) electrons. The van der Waals surface area contributed by atoms with Crippen LogP contribution in [0.2, 0.25) is 0 Å². The Balaban J connectivity index is 2.00. The zero-order valence-corrected chi connectivity index (χ0v) is 11.2. The van der Waals surface area contributed by atoms with E-state index in [1.807, 2.05) is 36.0 Å². The first-order valence-electron chi connectivity index (χ1n) is 6.37. The van der Waals surface area contributed by atoms with Gasteiger partial charge in [-0.25, -0.2) is 0 Å². The Morgan fingerprint density at radius 1 is 1.39 bits per heavy atom. The van der Waals surface area contributed by atoms with Crippen molar-refractivity contribution in [2.24, 2.45) is 5.73 Å². The molecule has 0 aliphatic carbocycles. The molecule has 0 amide bonds. The van der Waals surface area contributed by atoms with Crippen LogP contribution in [0.5, 0.6) is 5.75 Å². The van der Waals surface area contributed by atoms with Crippen LogP contribution in [0.1, 0.15) is 29.6 Å². The summed E-state index contributed by atoms with van der Waals surface area (Å²) in [7, 11) is 0. The summed E-state index contributed by atoms with van der Waals surface area (Å²) in [5.41, 5.74) is 6.10. The summed E-state index contributed by atoms with van der Waals surface area (Å²) >= 11 is 1.98. The number of nitrogens with two attached hydrogens (primary N) is 1. The van der Waals surface area contributed by atoms with Gasteiger partial charge in [0.05, 0.1) is 0 Å². The van der Waals surface area contributed by atoms with E-state index in [4.69, 9.17) is 10.5 Å². The van der Waals surface area contributed by atoms with Crippen molar-refractivity contribution in [3.8, 4) is 5.75 Å². The molecule has 0 unspecified atom stereocenters. The third kappa shape index (κ3) is 3.75. The van der Waals surface area contributed by atoms with E-state index in [-0.39, 0.29) is 5.78 Å². The fraction of sp³-hybridized carbons (Fsp3) is 0.500. The summed E-state index contributed by atoms with van der Waals surface area (Å²) in [6, 6.07) is 7.44. The smallest absolute Gasteiger partial charge is 0.164 e. The number of hydrogen-bond donors (Lipinski definition) is 1. The maximum absolute atomic E-state index is 11.8. The largest absolute Gasteiger partial charge is 0.490 e. The van der Waals surface area contributed by atoms with Crippen molar-refractivity contribution in [3.63, 3.8) is 0 Å². The van der Waals surface area contributed by atoms with Crippen molar-refractivity contribution >= 4 is 17.5 Å². The Kier molecular flexibility index (Phi) is 5.08. The van der Waals surface area contributed by atoms with Gasteiger partial charge in [-0.05, 0) is 43.0 Å². The molecule has 0 bridgehead atoms. The third-order valence-electron chi connectivity index (χ3n) is 3.00. The number of ketones is 1. The van der Waals surface area contributed by atoms with E-state index in [1.165, 1.54) is 0 Å². The lowest BCUT2D eigenvalue weighted by atomic mass is 10.1. The molecule has 0 spiro atoms. The van der Waals surface area contributed by atoms with E-state index in [0.29, 0.717) is 24.6 Å². The zero-order chi connectivity index (χ0) is 12.8. The molecule has 1 aliphatic rings. The molecule has 1 saturated heterocycles. The second kappa shape index (κ2) is 6.81. The number of ether oxygens (including phenoxy) is 1. The molecule has 0 aromatic heterocycles. The topological polar surface area (TPSA) is 52.3 Å². The molecule has 18 heavy (non-hydrogen) atoms. The van der Waals surface area contributed by atoms with Crippen LogP contribution in [-0.4, -0.2) is 29.9 Å². The van der Waals surface area contributed by atoms with Crippen LogP contribution in [0.25, 0.3) is 0 Å². The predicted molar refractivity (Wildman–Crippen MR) is 75.4 cm³/mol. The Labute approximate surface area is 112 Å². The number of thioether (sulfide) groups is 1. The lowest BCUT2D eigenvalue weighted by Gasteiger charge is -2.22. The monoisotopic (exact) mass is 265 g/mol. The molecule has 1 aromatic rings. The third-order valence-corrected chi connectivity index (χ3v) is 4.05. The van der Waals surface area contributed by atoms with E-state index >= 15 is 0 Å². The number of carbonyl (C=O) groups is 1. The minimum absolute atomic E-state index is 0.0853. The first kappa shape index (κ1) is 13.4. The maximum Gasteiger partial charge on any atom is 0.164 e. The van der Waals surface area contributed by atoms with Gasteiger partial charge in [-0.15, -0.1) is 0 Å². The van der Waals surface area contributed by atoms with Gasteiger partial charge in [0.2, 0.25) is 0 Å². The van der Waals surface area contributed by atoms with Crippen LogP contribution in [0.15, 0.2) is 24.3 Å². The first-order chi connectivity index (χ1) is 8.79. The average Bonchev–Trinajstić information content (AvgIpc) is 2.40. The Morgan fingerprint density at radius 2 is 2.17 bits per heavy atom. The Morgan fingerprint density at radius 3 is 2.89 bits per heavy atom. The van der Waals surface area contributed by atoms with Crippen molar-refractivity contribution in [3.05, 3.63) is 29.8 Å². The van der Waals surface area contributed by atoms with E-state index in [9.17, 15) is 4.79 Å². The molecule has 2 rings (SSSR count).